The van der Waals surface area contributed by atoms with Gasteiger partial charge in [-0.3, -0.25) is 0 Å². The Labute approximate surface area is 199 Å². The molecule has 0 radical (unpaired) electrons. The number of ether oxygens (including phenoxy) is 3. The number of benzene rings is 1. The number of hydrogen-bond acceptors (Lipinski definition) is 6. The topological polar surface area (TPSA) is 68.3 Å². The van der Waals surface area contributed by atoms with Gasteiger partial charge >= 0.3 is 12.2 Å². The summed E-state index contributed by atoms with van der Waals surface area (Å²) < 4.78 is 17.0. The fraction of sp³-hybridized carbons (Fsp3) is 0.692. The highest BCUT2D eigenvalue weighted by Gasteiger charge is 2.33. The first kappa shape index (κ1) is 27.1. The van der Waals surface area contributed by atoms with Crippen molar-refractivity contribution in [3.63, 3.8) is 0 Å². The van der Waals surface area contributed by atoms with Crippen LogP contribution in [-0.4, -0.2) is 66.0 Å². The van der Waals surface area contributed by atoms with Gasteiger partial charge in [0.25, 0.3) is 0 Å². The Balaban J connectivity index is 2.06. The number of carbonyl (C=O) groups is 2. The Morgan fingerprint density at radius 3 is 2.00 bits per heavy atom. The molecule has 1 saturated heterocycles. The van der Waals surface area contributed by atoms with Crippen molar-refractivity contribution in [2.24, 2.45) is 5.92 Å². The second kappa shape index (κ2) is 12.4. The first-order chi connectivity index (χ1) is 15.4. The molecule has 1 aromatic carbocycles. The lowest BCUT2D eigenvalue weighted by Gasteiger charge is -2.32. The number of amides is 2. The van der Waals surface area contributed by atoms with Crippen LogP contribution in [0.1, 0.15) is 66.4 Å². The van der Waals surface area contributed by atoms with E-state index in [2.05, 4.69) is 4.90 Å². The third-order valence-corrected chi connectivity index (χ3v) is 5.17. The molecular weight excluding hydrogens is 420 g/mol. The van der Waals surface area contributed by atoms with E-state index < -0.39 is 23.4 Å². The van der Waals surface area contributed by atoms with E-state index in [-0.39, 0.29) is 12.5 Å². The second-order valence-electron chi connectivity index (χ2n) is 10.8. The summed E-state index contributed by atoms with van der Waals surface area (Å²) in [6, 6.07) is 10.0. The molecule has 1 heterocycles. The molecule has 1 aliphatic heterocycles. The van der Waals surface area contributed by atoms with Gasteiger partial charge in [-0.1, -0.05) is 30.3 Å². The smallest absolute Gasteiger partial charge is 0.419 e. The van der Waals surface area contributed by atoms with Gasteiger partial charge in [-0.05, 0) is 85.4 Å². The van der Waals surface area contributed by atoms with Crippen molar-refractivity contribution >= 4 is 12.2 Å². The molecule has 0 spiro atoms. The van der Waals surface area contributed by atoms with Crippen LogP contribution in [-0.2, 0) is 20.8 Å². The zero-order chi connectivity index (χ0) is 24.5. The van der Waals surface area contributed by atoms with Crippen LogP contribution in [0.5, 0.6) is 0 Å². The van der Waals surface area contributed by atoms with Crippen molar-refractivity contribution in [1.29, 1.82) is 0 Å². The van der Waals surface area contributed by atoms with E-state index in [9.17, 15) is 9.59 Å². The molecule has 186 valence electrons. The predicted molar refractivity (Wildman–Crippen MR) is 129 cm³/mol. The zero-order valence-electron chi connectivity index (χ0n) is 21.3. The van der Waals surface area contributed by atoms with Crippen LogP contribution in [0.25, 0.3) is 0 Å². The highest BCUT2D eigenvalue weighted by molar-refractivity contribution is 5.88. The van der Waals surface area contributed by atoms with E-state index in [0.717, 1.165) is 36.5 Å². The third-order valence-electron chi connectivity index (χ3n) is 5.17. The van der Waals surface area contributed by atoms with Gasteiger partial charge in [-0.2, -0.15) is 0 Å². The molecule has 0 aromatic heterocycles. The Bertz CT molecular complexity index is 705. The molecule has 1 aromatic rings. The minimum absolute atomic E-state index is 0.0545. The number of likely N-dealkylation sites (tertiary alicyclic amines) is 1. The summed E-state index contributed by atoms with van der Waals surface area (Å²) in [5.41, 5.74) is -0.293. The maximum atomic E-state index is 12.9. The maximum Gasteiger partial charge on any atom is 0.419 e. The first-order valence-electron chi connectivity index (χ1n) is 12.0. The summed E-state index contributed by atoms with van der Waals surface area (Å²) in [6.45, 7) is 14.9. The van der Waals surface area contributed by atoms with E-state index in [4.69, 9.17) is 14.2 Å². The van der Waals surface area contributed by atoms with E-state index >= 15 is 0 Å². The fourth-order valence-electron chi connectivity index (χ4n) is 3.70. The van der Waals surface area contributed by atoms with Gasteiger partial charge in [0.15, 0.2) is 0 Å². The number of carbonyl (C=O) groups excluding carboxylic acids is 2. The highest BCUT2D eigenvalue weighted by Crippen LogP contribution is 2.19. The van der Waals surface area contributed by atoms with Crippen molar-refractivity contribution < 1.29 is 23.8 Å². The van der Waals surface area contributed by atoms with Gasteiger partial charge in [0.2, 0.25) is 0 Å². The lowest BCUT2D eigenvalue weighted by molar-refractivity contribution is -0.00388. The molecule has 7 nitrogen and oxygen atoms in total. The van der Waals surface area contributed by atoms with Crippen LogP contribution in [0.3, 0.4) is 0 Å². The van der Waals surface area contributed by atoms with Gasteiger partial charge in [0.05, 0.1) is 6.61 Å². The molecule has 1 atom stereocenters. The third kappa shape index (κ3) is 11.0. The molecule has 1 unspecified atom stereocenters. The average molecular weight is 463 g/mol. The largest absolute Gasteiger partial charge is 0.443 e. The van der Waals surface area contributed by atoms with E-state index in [0.29, 0.717) is 13.2 Å². The van der Waals surface area contributed by atoms with Crippen LogP contribution in [0, 0.1) is 5.92 Å². The van der Waals surface area contributed by atoms with E-state index in [1.54, 1.807) is 41.5 Å². The summed E-state index contributed by atoms with van der Waals surface area (Å²) >= 11 is 0. The summed E-state index contributed by atoms with van der Waals surface area (Å²) in [4.78, 5) is 29.4. The Hall–Kier alpha value is -2.12. The van der Waals surface area contributed by atoms with Crippen molar-refractivity contribution in [2.45, 2.75) is 78.6 Å². The van der Waals surface area contributed by atoms with Gasteiger partial charge < -0.3 is 19.1 Å². The lowest BCUT2D eigenvalue weighted by atomic mass is 10.0. The van der Waals surface area contributed by atoms with Crippen LogP contribution >= 0.6 is 0 Å². The molecule has 2 amide bonds. The maximum absolute atomic E-state index is 12.9. The van der Waals surface area contributed by atoms with Crippen molar-refractivity contribution in [3.8, 4) is 0 Å². The molecule has 2 rings (SSSR count). The quantitative estimate of drug-likeness (QED) is 0.453. The van der Waals surface area contributed by atoms with Gasteiger partial charge in [0, 0.05) is 19.7 Å². The molecule has 0 N–H and O–H groups in total. The summed E-state index contributed by atoms with van der Waals surface area (Å²) in [5.74, 6) is 0.0545. The number of imide groups is 1. The molecule has 33 heavy (non-hydrogen) atoms. The first-order valence-corrected chi connectivity index (χ1v) is 12.0. The minimum atomic E-state index is -0.708. The van der Waals surface area contributed by atoms with E-state index in [1.165, 1.54) is 12.8 Å². The Kier molecular flexibility index (Phi) is 10.2. The van der Waals surface area contributed by atoms with Crippen LogP contribution < -0.4 is 0 Å². The van der Waals surface area contributed by atoms with Gasteiger partial charge in [0.1, 0.15) is 11.2 Å². The standard InChI is InChI=1S/C26H42N2O5/c1-25(2,3)32-23(29)28(24(30)33-26(4,5)6)19-22(18-27-15-10-11-16-27)14-17-31-20-21-12-8-7-9-13-21/h7-9,12-13,22H,10-11,14-20H2,1-6H3. The van der Waals surface area contributed by atoms with E-state index in [1.807, 2.05) is 30.3 Å². The summed E-state index contributed by atoms with van der Waals surface area (Å²) in [5, 5.41) is 0. The highest BCUT2D eigenvalue weighted by atomic mass is 16.6. The number of nitrogens with zero attached hydrogens (tertiary/aromatic N) is 2. The zero-order valence-corrected chi connectivity index (χ0v) is 21.3. The van der Waals surface area contributed by atoms with Crippen LogP contribution in [0.15, 0.2) is 30.3 Å². The van der Waals surface area contributed by atoms with Crippen molar-refractivity contribution in [1.82, 2.24) is 9.80 Å². The Morgan fingerprint density at radius 1 is 0.939 bits per heavy atom. The monoisotopic (exact) mass is 462 g/mol. The molecule has 1 aliphatic rings. The molecular formula is C26H42N2O5. The number of hydrogen-bond donors (Lipinski definition) is 0. The predicted octanol–water partition coefficient (Wildman–Crippen LogP) is 5.48. The van der Waals surface area contributed by atoms with Crippen molar-refractivity contribution in [2.75, 3.05) is 32.8 Å². The fourth-order valence-corrected chi connectivity index (χ4v) is 3.70. The molecule has 0 bridgehead atoms. The lowest BCUT2D eigenvalue weighted by Crippen LogP contribution is -2.47. The Morgan fingerprint density at radius 2 is 1.48 bits per heavy atom. The second-order valence-corrected chi connectivity index (χ2v) is 10.8. The van der Waals surface area contributed by atoms with Crippen LogP contribution in [0.2, 0.25) is 0 Å². The van der Waals surface area contributed by atoms with Gasteiger partial charge in [-0.15, -0.1) is 0 Å². The summed E-state index contributed by atoms with van der Waals surface area (Å²) in [6.07, 6.45) is 1.74. The minimum Gasteiger partial charge on any atom is -0.443 e. The number of rotatable bonds is 9. The molecule has 7 heteroatoms. The molecule has 1 fully saturated rings. The van der Waals surface area contributed by atoms with Crippen molar-refractivity contribution in [3.05, 3.63) is 35.9 Å². The normalized spacial score (nSPS) is 15.8. The summed E-state index contributed by atoms with van der Waals surface area (Å²) in [7, 11) is 0. The molecule has 0 saturated carbocycles. The van der Waals surface area contributed by atoms with Crippen LogP contribution in [0.4, 0.5) is 9.59 Å². The van der Waals surface area contributed by atoms with Gasteiger partial charge in [-0.25, -0.2) is 14.5 Å². The molecule has 0 aliphatic carbocycles. The average Bonchev–Trinajstić information content (AvgIpc) is 3.20. The SMILES string of the molecule is CC(C)(C)OC(=O)N(CC(CCOCc1ccccc1)CN1CCCC1)C(=O)OC(C)(C)C.